The lowest BCUT2D eigenvalue weighted by atomic mass is 10.2. The zero-order valence-electron chi connectivity index (χ0n) is 15.5. The molecule has 1 aliphatic heterocycles. The Morgan fingerprint density at radius 1 is 1.22 bits per heavy atom. The van der Waals surface area contributed by atoms with Crippen LogP contribution in [-0.4, -0.2) is 64.5 Å². The number of carbonyl (C=O) groups is 1. The Hall–Kier alpha value is -2.45. The summed E-state index contributed by atoms with van der Waals surface area (Å²) in [6.07, 6.45) is 2.12. The van der Waals surface area contributed by atoms with E-state index in [1.807, 2.05) is 24.3 Å². The van der Waals surface area contributed by atoms with Crippen LogP contribution in [-0.2, 0) is 4.79 Å². The van der Waals surface area contributed by atoms with Crippen LogP contribution >= 0.6 is 0 Å². The first kappa shape index (κ1) is 19.3. The molecular weight excluding hydrogens is 348 g/mol. The van der Waals surface area contributed by atoms with Crippen molar-refractivity contribution in [2.24, 2.45) is 0 Å². The van der Waals surface area contributed by atoms with Crippen LogP contribution in [0.1, 0.15) is 26.2 Å². The smallest absolute Gasteiger partial charge is 0.300 e. The Morgan fingerprint density at radius 3 is 2.59 bits per heavy atom. The van der Waals surface area contributed by atoms with Crippen LogP contribution in [0, 0.1) is 0 Å². The summed E-state index contributed by atoms with van der Waals surface area (Å²) in [6.45, 7) is 4.75. The molecule has 0 amide bonds. The van der Waals surface area contributed by atoms with E-state index in [0.717, 1.165) is 63.3 Å². The molecule has 0 bridgehead atoms. The Balaban J connectivity index is 0.000000481. The first-order chi connectivity index (χ1) is 13.0. The summed E-state index contributed by atoms with van der Waals surface area (Å²) in [5.41, 5.74) is 0.888. The normalized spacial score (nSPS) is 22.2. The number of aliphatic hydroxyl groups is 1. The number of piperazine rings is 1. The first-order valence-electron chi connectivity index (χ1n) is 9.31. The number of carboxylic acid groups (broad SMARTS) is 1. The van der Waals surface area contributed by atoms with Crippen molar-refractivity contribution in [1.29, 1.82) is 0 Å². The predicted molar refractivity (Wildman–Crippen MR) is 102 cm³/mol. The highest BCUT2D eigenvalue weighted by Crippen LogP contribution is 2.30. The third kappa shape index (κ3) is 5.05. The quantitative estimate of drug-likeness (QED) is 0.740. The van der Waals surface area contributed by atoms with Crippen molar-refractivity contribution in [2.45, 2.75) is 38.4 Å². The number of aliphatic hydroxyl groups excluding tert-OH is 1. The summed E-state index contributed by atoms with van der Waals surface area (Å²) in [5, 5.41) is 21.7. The van der Waals surface area contributed by atoms with Gasteiger partial charge in [-0.2, -0.15) is 4.98 Å². The van der Waals surface area contributed by atoms with Crippen molar-refractivity contribution in [3.05, 3.63) is 24.3 Å². The van der Waals surface area contributed by atoms with E-state index < -0.39 is 12.1 Å². The van der Waals surface area contributed by atoms with E-state index in [1.54, 1.807) is 0 Å². The molecule has 27 heavy (non-hydrogen) atoms. The van der Waals surface area contributed by atoms with Crippen LogP contribution in [0.25, 0.3) is 10.9 Å². The fraction of sp³-hybridized carbons (Fsp3) is 0.526. The molecular formula is C19H26N4O4. The minimum absolute atomic E-state index is 0.163. The second kappa shape index (κ2) is 8.96. The fourth-order valence-electron chi connectivity index (χ4n) is 3.32. The van der Waals surface area contributed by atoms with Gasteiger partial charge >= 0.3 is 0 Å². The highest BCUT2D eigenvalue weighted by Gasteiger charge is 2.28. The van der Waals surface area contributed by atoms with Crippen molar-refractivity contribution in [1.82, 2.24) is 15.3 Å². The number of anilines is 1. The molecule has 0 radical (unpaired) electrons. The van der Waals surface area contributed by atoms with Gasteiger partial charge in [0, 0.05) is 33.1 Å². The van der Waals surface area contributed by atoms with Crippen molar-refractivity contribution in [3.8, 4) is 5.88 Å². The van der Waals surface area contributed by atoms with Crippen LogP contribution < -0.4 is 15.0 Å². The minimum atomic E-state index is -0.833. The summed E-state index contributed by atoms with van der Waals surface area (Å²) in [7, 11) is 0. The van der Waals surface area contributed by atoms with Crippen molar-refractivity contribution >= 4 is 22.8 Å². The van der Waals surface area contributed by atoms with Crippen LogP contribution in [0.4, 0.5) is 5.95 Å². The Labute approximate surface area is 158 Å². The number of aliphatic carboxylic acids is 1. The first-order valence-corrected chi connectivity index (χ1v) is 9.31. The van der Waals surface area contributed by atoms with Gasteiger partial charge in [0.2, 0.25) is 11.8 Å². The summed E-state index contributed by atoms with van der Waals surface area (Å²) < 4.78 is 6.09. The minimum Gasteiger partial charge on any atom is -0.481 e. The number of hydrogen-bond acceptors (Lipinski definition) is 7. The van der Waals surface area contributed by atoms with Crippen molar-refractivity contribution in [3.63, 3.8) is 0 Å². The standard InChI is InChI=1S/C17H22N4O2.C2H4O2/c22-14-6-3-7-15(14)23-16-12-4-1-2-5-13(12)19-17(20-16)21-10-8-18-9-11-21;1-2(3)4/h1-2,4-5,14-15,18,22H,3,6-11H2;1H3,(H,3,4). The third-order valence-electron chi connectivity index (χ3n) is 4.64. The topological polar surface area (TPSA) is 108 Å². The van der Waals surface area contributed by atoms with Crippen LogP contribution in [0.2, 0.25) is 0 Å². The lowest BCUT2D eigenvalue weighted by Crippen LogP contribution is -2.44. The van der Waals surface area contributed by atoms with Gasteiger partial charge < -0.3 is 25.2 Å². The maximum absolute atomic E-state index is 10.1. The lowest BCUT2D eigenvalue weighted by Gasteiger charge is -2.28. The van der Waals surface area contributed by atoms with Crippen LogP contribution in [0.15, 0.2) is 24.3 Å². The van der Waals surface area contributed by atoms with Gasteiger partial charge in [0.1, 0.15) is 6.10 Å². The van der Waals surface area contributed by atoms with E-state index in [1.165, 1.54) is 0 Å². The molecule has 2 aliphatic rings. The number of benzene rings is 1. The molecule has 1 aromatic carbocycles. The summed E-state index contributed by atoms with van der Waals surface area (Å²) in [6, 6.07) is 7.91. The van der Waals surface area contributed by atoms with Gasteiger partial charge in [0.15, 0.2) is 0 Å². The van der Waals surface area contributed by atoms with Gasteiger partial charge in [-0.15, -0.1) is 0 Å². The highest BCUT2D eigenvalue weighted by molar-refractivity contribution is 5.84. The molecule has 8 heteroatoms. The van der Waals surface area contributed by atoms with Crippen LogP contribution in [0.5, 0.6) is 5.88 Å². The van der Waals surface area contributed by atoms with E-state index in [0.29, 0.717) is 11.8 Å². The summed E-state index contributed by atoms with van der Waals surface area (Å²) >= 11 is 0. The van der Waals surface area contributed by atoms with Gasteiger partial charge in [0.25, 0.3) is 5.97 Å². The monoisotopic (exact) mass is 374 g/mol. The molecule has 4 rings (SSSR count). The molecule has 1 aromatic heterocycles. The molecule has 146 valence electrons. The largest absolute Gasteiger partial charge is 0.481 e. The van der Waals surface area contributed by atoms with Gasteiger partial charge in [-0.05, 0) is 31.4 Å². The van der Waals surface area contributed by atoms with Gasteiger partial charge in [0.05, 0.1) is 17.0 Å². The number of hydrogen-bond donors (Lipinski definition) is 3. The molecule has 0 spiro atoms. The van der Waals surface area contributed by atoms with Crippen LogP contribution in [0.3, 0.4) is 0 Å². The third-order valence-corrected chi connectivity index (χ3v) is 4.64. The molecule has 1 saturated carbocycles. The molecule has 2 heterocycles. The highest BCUT2D eigenvalue weighted by atomic mass is 16.5. The Morgan fingerprint density at radius 2 is 1.93 bits per heavy atom. The van der Waals surface area contributed by atoms with Gasteiger partial charge in [-0.1, -0.05) is 12.1 Å². The van der Waals surface area contributed by atoms with E-state index >= 15 is 0 Å². The van der Waals surface area contributed by atoms with E-state index in [9.17, 15) is 5.11 Å². The molecule has 8 nitrogen and oxygen atoms in total. The zero-order valence-corrected chi connectivity index (χ0v) is 15.5. The predicted octanol–water partition coefficient (Wildman–Crippen LogP) is 1.42. The average Bonchev–Trinajstić information content (AvgIpc) is 3.06. The van der Waals surface area contributed by atoms with E-state index in [4.69, 9.17) is 19.6 Å². The maximum Gasteiger partial charge on any atom is 0.300 e. The molecule has 2 fully saturated rings. The number of ether oxygens (including phenoxy) is 1. The number of nitrogens with one attached hydrogen (secondary N) is 1. The number of aromatic nitrogens is 2. The van der Waals surface area contributed by atoms with Crippen molar-refractivity contribution in [2.75, 3.05) is 31.1 Å². The number of rotatable bonds is 3. The van der Waals surface area contributed by atoms with E-state index in [-0.39, 0.29) is 6.10 Å². The molecule has 1 aliphatic carbocycles. The second-order valence-corrected chi connectivity index (χ2v) is 6.76. The van der Waals surface area contributed by atoms with E-state index in [2.05, 4.69) is 15.2 Å². The summed E-state index contributed by atoms with van der Waals surface area (Å²) in [5.74, 6) is 0.475. The molecule has 1 saturated heterocycles. The Bertz CT molecular complexity index is 775. The number of nitrogens with zero attached hydrogens (tertiary/aromatic N) is 3. The molecule has 3 N–H and O–H groups in total. The van der Waals surface area contributed by atoms with Gasteiger partial charge in [-0.3, -0.25) is 4.79 Å². The molecule has 2 unspecified atom stereocenters. The maximum atomic E-state index is 10.1. The summed E-state index contributed by atoms with van der Waals surface area (Å²) in [4.78, 5) is 20.6. The van der Waals surface area contributed by atoms with Gasteiger partial charge in [-0.25, -0.2) is 4.98 Å². The number of carboxylic acids is 1. The molecule has 2 atom stereocenters. The average molecular weight is 374 g/mol. The molecule has 2 aromatic rings. The number of fused-ring (bicyclic) bond motifs is 1. The fourth-order valence-corrected chi connectivity index (χ4v) is 3.32. The SMILES string of the molecule is CC(=O)O.OC1CCCC1Oc1nc(N2CCNCC2)nc2ccccc12. The Kier molecular flexibility index (Phi) is 6.41. The second-order valence-electron chi connectivity index (χ2n) is 6.76. The lowest BCUT2D eigenvalue weighted by molar-refractivity contribution is -0.134. The number of para-hydroxylation sites is 1. The van der Waals surface area contributed by atoms with Crippen molar-refractivity contribution < 1.29 is 19.7 Å². The zero-order chi connectivity index (χ0) is 19.2.